The van der Waals surface area contributed by atoms with E-state index in [1.54, 1.807) is 36.6 Å². The molecule has 0 aliphatic carbocycles. The maximum Gasteiger partial charge on any atom is 0.433 e. The lowest BCUT2D eigenvalue weighted by Crippen LogP contribution is -2.27. The van der Waals surface area contributed by atoms with Gasteiger partial charge in [-0.25, -0.2) is 9.97 Å². The van der Waals surface area contributed by atoms with Crippen molar-refractivity contribution in [3.05, 3.63) is 70.5 Å². The lowest BCUT2D eigenvalue weighted by molar-refractivity contribution is -0.141. The molecule has 1 amide bonds. The van der Waals surface area contributed by atoms with Gasteiger partial charge in [-0.05, 0) is 38.1 Å². The molecule has 3 rings (SSSR count). The molecule has 4 nitrogen and oxygen atoms in total. The molecule has 0 bridgehead atoms. The summed E-state index contributed by atoms with van der Waals surface area (Å²) in [5, 5.41) is 2.24. The molecule has 0 spiro atoms. The number of hydrogen-bond acceptors (Lipinski definition) is 4. The Bertz CT molecular complexity index is 938. The minimum Gasteiger partial charge on any atom is -0.268 e. The number of pyridine rings is 1. The average Bonchev–Trinajstić information content (AvgIpc) is 3.01. The summed E-state index contributed by atoms with van der Waals surface area (Å²) >= 11 is 1.28. The molecule has 3 aromatic rings. The number of hydrogen-bond donors (Lipinski definition) is 0. The van der Waals surface area contributed by atoms with Crippen LogP contribution in [0.2, 0.25) is 0 Å². The zero-order valence-electron chi connectivity index (χ0n) is 13.9. The molecule has 0 fully saturated rings. The Kier molecular flexibility index (Phi) is 4.78. The lowest BCUT2D eigenvalue weighted by atomic mass is 10.1. The van der Waals surface area contributed by atoms with Crippen molar-refractivity contribution in [1.29, 1.82) is 0 Å². The van der Waals surface area contributed by atoms with Crippen LogP contribution < -0.4 is 4.90 Å². The smallest absolute Gasteiger partial charge is 0.268 e. The normalized spacial score (nSPS) is 11.4. The van der Waals surface area contributed by atoms with Gasteiger partial charge in [0.25, 0.3) is 5.91 Å². The van der Waals surface area contributed by atoms with Gasteiger partial charge in [-0.2, -0.15) is 13.2 Å². The van der Waals surface area contributed by atoms with Crippen LogP contribution in [-0.4, -0.2) is 15.9 Å². The molecule has 8 heteroatoms. The Morgan fingerprint density at radius 3 is 2.27 bits per heavy atom. The van der Waals surface area contributed by atoms with E-state index in [2.05, 4.69) is 9.97 Å². The van der Waals surface area contributed by atoms with E-state index in [1.165, 1.54) is 23.2 Å². The molecular formula is C18H14F3N3OS. The SMILES string of the molecule is Cc1csc(N(C(=O)c2ccc(C(F)(F)F)nc2C)c2ccccc2)n1. The molecule has 26 heavy (non-hydrogen) atoms. The number of rotatable bonds is 3. The number of alkyl halides is 3. The van der Waals surface area contributed by atoms with Crippen LogP contribution in [0.1, 0.15) is 27.4 Å². The van der Waals surface area contributed by atoms with E-state index in [9.17, 15) is 18.0 Å². The molecule has 0 radical (unpaired) electrons. The van der Waals surface area contributed by atoms with Crippen molar-refractivity contribution >= 4 is 28.1 Å². The van der Waals surface area contributed by atoms with Crippen LogP contribution in [0.15, 0.2) is 47.8 Å². The van der Waals surface area contributed by atoms with Crippen LogP contribution in [0, 0.1) is 13.8 Å². The summed E-state index contributed by atoms with van der Waals surface area (Å²) in [6, 6.07) is 10.8. The van der Waals surface area contributed by atoms with Crippen LogP contribution >= 0.6 is 11.3 Å². The standard InChI is InChI=1S/C18H14F3N3OS/c1-11-10-26-17(22-11)24(13-6-4-3-5-7-13)16(25)14-8-9-15(18(19,20)21)23-12(14)2/h3-10H,1-2H3. The van der Waals surface area contributed by atoms with Crippen LogP contribution in [-0.2, 0) is 6.18 Å². The second-order valence-corrected chi connectivity index (χ2v) is 6.41. The highest BCUT2D eigenvalue weighted by Crippen LogP contribution is 2.32. The highest BCUT2D eigenvalue weighted by atomic mass is 32.1. The summed E-state index contributed by atoms with van der Waals surface area (Å²) in [5.41, 5.74) is 0.406. The largest absolute Gasteiger partial charge is 0.433 e. The fourth-order valence-corrected chi connectivity index (χ4v) is 3.22. The van der Waals surface area contributed by atoms with Crippen LogP contribution in [0.25, 0.3) is 0 Å². The summed E-state index contributed by atoms with van der Waals surface area (Å²) in [7, 11) is 0. The van der Waals surface area contributed by atoms with Crippen molar-refractivity contribution in [2.24, 2.45) is 0 Å². The molecule has 134 valence electrons. The Morgan fingerprint density at radius 1 is 1.04 bits per heavy atom. The zero-order chi connectivity index (χ0) is 18.9. The molecule has 0 atom stereocenters. The third-order valence-corrected chi connectivity index (χ3v) is 4.57. The minimum atomic E-state index is -4.56. The summed E-state index contributed by atoms with van der Waals surface area (Å²) in [6.07, 6.45) is -4.56. The summed E-state index contributed by atoms with van der Waals surface area (Å²) in [6.45, 7) is 3.19. The van der Waals surface area contributed by atoms with Crippen molar-refractivity contribution in [1.82, 2.24) is 9.97 Å². The molecular weight excluding hydrogens is 363 g/mol. The van der Waals surface area contributed by atoms with Gasteiger partial charge in [0.1, 0.15) is 5.69 Å². The van der Waals surface area contributed by atoms with Gasteiger partial charge in [-0.3, -0.25) is 9.69 Å². The third kappa shape index (κ3) is 3.60. The van der Waals surface area contributed by atoms with Crippen molar-refractivity contribution in [2.45, 2.75) is 20.0 Å². The van der Waals surface area contributed by atoms with Gasteiger partial charge in [-0.1, -0.05) is 18.2 Å². The molecule has 0 saturated carbocycles. The van der Waals surface area contributed by atoms with Gasteiger partial charge in [0, 0.05) is 5.38 Å². The topological polar surface area (TPSA) is 46.1 Å². The van der Waals surface area contributed by atoms with E-state index in [0.717, 1.165) is 17.8 Å². The highest BCUT2D eigenvalue weighted by Gasteiger charge is 2.33. The van der Waals surface area contributed by atoms with Crippen LogP contribution in [0.3, 0.4) is 0 Å². The maximum atomic E-state index is 13.1. The molecule has 1 aromatic carbocycles. The third-order valence-electron chi connectivity index (χ3n) is 3.62. The van der Waals surface area contributed by atoms with Crippen molar-refractivity contribution in [3.8, 4) is 0 Å². The summed E-state index contributed by atoms with van der Waals surface area (Å²) < 4.78 is 38.5. The second-order valence-electron chi connectivity index (χ2n) is 5.57. The van der Waals surface area contributed by atoms with Crippen molar-refractivity contribution < 1.29 is 18.0 Å². The van der Waals surface area contributed by atoms with Gasteiger partial charge in [0.2, 0.25) is 0 Å². The molecule has 0 unspecified atom stereocenters. The minimum absolute atomic E-state index is 0.0130. The first-order valence-electron chi connectivity index (χ1n) is 7.64. The second kappa shape index (κ2) is 6.87. The fraction of sp³-hybridized carbons (Fsp3) is 0.167. The molecule has 2 heterocycles. The number of anilines is 2. The van der Waals surface area contributed by atoms with Gasteiger partial charge >= 0.3 is 6.18 Å². The lowest BCUT2D eigenvalue weighted by Gasteiger charge is -2.21. The Hall–Kier alpha value is -2.74. The van der Waals surface area contributed by atoms with E-state index < -0.39 is 17.8 Å². The molecule has 0 aliphatic rings. The number of para-hydroxylation sites is 1. The fourth-order valence-electron chi connectivity index (χ4n) is 2.40. The number of thiazole rings is 1. The number of carbonyl (C=O) groups excluding carboxylic acids is 1. The van der Waals surface area contributed by atoms with E-state index >= 15 is 0 Å². The van der Waals surface area contributed by atoms with Crippen LogP contribution in [0.4, 0.5) is 24.0 Å². The number of aryl methyl sites for hydroxylation is 2. The predicted octanol–water partition coefficient (Wildman–Crippen LogP) is 5.15. The predicted molar refractivity (Wildman–Crippen MR) is 93.7 cm³/mol. The van der Waals surface area contributed by atoms with E-state index in [1.807, 2.05) is 6.07 Å². The number of amides is 1. The quantitative estimate of drug-likeness (QED) is 0.634. The number of aromatic nitrogens is 2. The van der Waals surface area contributed by atoms with Gasteiger partial charge < -0.3 is 0 Å². The zero-order valence-corrected chi connectivity index (χ0v) is 14.7. The van der Waals surface area contributed by atoms with Crippen LogP contribution in [0.5, 0.6) is 0 Å². The Balaban J connectivity index is 2.06. The highest BCUT2D eigenvalue weighted by molar-refractivity contribution is 7.14. The van der Waals surface area contributed by atoms with Crippen molar-refractivity contribution in [2.75, 3.05) is 4.90 Å². The number of nitrogens with zero attached hydrogens (tertiary/aromatic N) is 3. The first kappa shape index (κ1) is 18.1. The Morgan fingerprint density at radius 2 is 1.73 bits per heavy atom. The number of carbonyl (C=O) groups is 1. The first-order valence-corrected chi connectivity index (χ1v) is 8.52. The summed E-state index contributed by atoms with van der Waals surface area (Å²) in [4.78, 5) is 22.4. The number of halogens is 3. The molecule has 0 saturated heterocycles. The van der Waals surface area contributed by atoms with Gasteiger partial charge in [0.05, 0.1) is 22.6 Å². The Labute approximate surface area is 152 Å². The van der Waals surface area contributed by atoms with Gasteiger partial charge in [-0.15, -0.1) is 11.3 Å². The van der Waals surface area contributed by atoms with E-state index in [0.29, 0.717) is 10.8 Å². The van der Waals surface area contributed by atoms with E-state index in [-0.39, 0.29) is 11.3 Å². The maximum absolute atomic E-state index is 13.1. The molecule has 0 N–H and O–H groups in total. The molecule has 0 aliphatic heterocycles. The average molecular weight is 377 g/mol. The van der Waals surface area contributed by atoms with Gasteiger partial charge in [0.15, 0.2) is 5.13 Å². The summed E-state index contributed by atoms with van der Waals surface area (Å²) in [5.74, 6) is -0.482. The first-order chi connectivity index (χ1) is 12.3. The molecule has 2 aromatic heterocycles. The monoisotopic (exact) mass is 377 g/mol. The van der Waals surface area contributed by atoms with Crippen molar-refractivity contribution in [3.63, 3.8) is 0 Å². The van der Waals surface area contributed by atoms with E-state index in [4.69, 9.17) is 0 Å². The number of benzene rings is 1.